The number of thiol groups is 1. The Morgan fingerprint density at radius 2 is 2.20 bits per heavy atom. The summed E-state index contributed by atoms with van der Waals surface area (Å²) in [6, 6.07) is 6.21. The predicted molar refractivity (Wildman–Crippen MR) is 38.4 cm³/mol. The molecule has 0 aliphatic heterocycles. The van der Waals surface area contributed by atoms with Crippen LogP contribution in [-0.4, -0.2) is 0 Å². The van der Waals surface area contributed by atoms with Crippen molar-refractivity contribution in [3.8, 4) is 6.07 Å². The maximum Gasteiger partial charge on any atom is 0.154 e. The number of halogens is 1. The molecule has 0 aromatic heterocycles. The topological polar surface area (TPSA) is 23.8 Å². The standard InChI is InChI=1S/C7H4FNS/c8-7-5(4-9)2-1-3-6(7)10/h1-3,10H. The van der Waals surface area contributed by atoms with E-state index in [-0.39, 0.29) is 10.5 Å². The van der Waals surface area contributed by atoms with Crippen molar-refractivity contribution < 1.29 is 4.39 Å². The predicted octanol–water partition coefficient (Wildman–Crippen LogP) is 1.99. The van der Waals surface area contributed by atoms with Gasteiger partial charge < -0.3 is 0 Å². The Morgan fingerprint density at radius 3 is 2.70 bits per heavy atom. The van der Waals surface area contributed by atoms with Crippen LogP contribution in [0.15, 0.2) is 23.1 Å². The number of hydrogen-bond acceptors (Lipinski definition) is 2. The van der Waals surface area contributed by atoms with Crippen LogP contribution >= 0.6 is 12.6 Å². The molecule has 1 aromatic rings. The van der Waals surface area contributed by atoms with Gasteiger partial charge in [0.05, 0.1) is 5.56 Å². The molecule has 0 saturated heterocycles. The van der Waals surface area contributed by atoms with Crippen molar-refractivity contribution in [3.63, 3.8) is 0 Å². The second kappa shape index (κ2) is 2.72. The van der Waals surface area contributed by atoms with Crippen LogP contribution in [0.4, 0.5) is 4.39 Å². The minimum atomic E-state index is -0.548. The zero-order valence-corrected chi connectivity index (χ0v) is 5.90. The molecule has 0 N–H and O–H groups in total. The van der Waals surface area contributed by atoms with Crippen molar-refractivity contribution >= 4 is 12.6 Å². The molecule has 0 aliphatic rings. The van der Waals surface area contributed by atoms with Gasteiger partial charge in [0.15, 0.2) is 5.82 Å². The SMILES string of the molecule is N#Cc1cccc(S)c1F. The number of nitrogens with zero attached hydrogens (tertiary/aromatic N) is 1. The van der Waals surface area contributed by atoms with Gasteiger partial charge in [0.1, 0.15) is 6.07 Å². The van der Waals surface area contributed by atoms with Crippen molar-refractivity contribution in [1.29, 1.82) is 5.26 Å². The van der Waals surface area contributed by atoms with Gasteiger partial charge in [-0.25, -0.2) is 4.39 Å². The number of hydrogen-bond donors (Lipinski definition) is 1. The lowest BCUT2D eigenvalue weighted by atomic mass is 10.2. The Balaban J connectivity index is 3.31. The summed E-state index contributed by atoms with van der Waals surface area (Å²) in [4.78, 5) is 0.207. The first-order valence-electron chi connectivity index (χ1n) is 2.63. The second-order valence-electron chi connectivity index (χ2n) is 1.75. The Labute approximate surface area is 63.5 Å². The fourth-order valence-electron chi connectivity index (χ4n) is 0.606. The Hall–Kier alpha value is -1.01. The molecular weight excluding hydrogens is 149 g/mol. The van der Waals surface area contributed by atoms with Crippen LogP contribution in [0.25, 0.3) is 0 Å². The van der Waals surface area contributed by atoms with E-state index in [0.29, 0.717) is 0 Å². The summed E-state index contributed by atoms with van der Waals surface area (Å²) in [5.74, 6) is -0.548. The lowest BCUT2D eigenvalue weighted by molar-refractivity contribution is 0.599. The minimum absolute atomic E-state index is 0.0347. The van der Waals surface area contributed by atoms with Gasteiger partial charge in [-0.05, 0) is 12.1 Å². The molecule has 0 fully saturated rings. The average Bonchev–Trinajstić information content (AvgIpc) is 1.95. The molecule has 1 aromatic carbocycles. The lowest BCUT2D eigenvalue weighted by Gasteiger charge is -1.93. The van der Waals surface area contributed by atoms with Gasteiger partial charge >= 0.3 is 0 Å². The van der Waals surface area contributed by atoms with E-state index in [4.69, 9.17) is 5.26 Å². The maximum absolute atomic E-state index is 12.7. The van der Waals surface area contributed by atoms with Crippen LogP contribution in [0.3, 0.4) is 0 Å². The lowest BCUT2D eigenvalue weighted by Crippen LogP contribution is -1.83. The summed E-state index contributed by atoms with van der Waals surface area (Å²) >= 11 is 3.80. The molecule has 1 nitrogen and oxygen atoms in total. The van der Waals surface area contributed by atoms with Crippen LogP contribution < -0.4 is 0 Å². The normalized spacial score (nSPS) is 8.90. The first-order valence-corrected chi connectivity index (χ1v) is 3.08. The summed E-state index contributed by atoms with van der Waals surface area (Å²) in [5, 5.41) is 8.32. The highest BCUT2D eigenvalue weighted by Gasteiger charge is 2.01. The molecular formula is C7H4FNS. The third-order valence-corrected chi connectivity index (χ3v) is 1.44. The van der Waals surface area contributed by atoms with Gasteiger partial charge in [0.2, 0.25) is 0 Å². The fraction of sp³-hybridized carbons (Fsp3) is 0. The van der Waals surface area contributed by atoms with E-state index in [9.17, 15) is 4.39 Å². The Kier molecular flexibility index (Phi) is 1.93. The smallest absolute Gasteiger partial charge is 0.154 e. The Bertz CT molecular complexity index is 290. The highest BCUT2D eigenvalue weighted by molar-refractivity contribution is 7.80. The molecule has 0 aliphatic carbocycles. The number of rotatable bonds is 0. The van der Waals surface area contributed by atoms with Crippen molar-refractivity contribution in [2.45, 2.75) is 4.90 Å². The average molecular weight is 153 g/mol. The highest BCUT2D eigenvalue weighted by atomic mass is 32.1. The molecule has 50 valence electrons. The maximum atomic E-state index is 12.7. The Morgan fingerprint density at radius 1 is 1.50 bits per heavy atom. The quantitative estimate of drug-likeness (QED) is 0.566. The van der Waals surface area contributed by atoms with E-state index in [0.717, 1.165) is 0 Å². The van der Waals surface area contributed by atoms with Crippen molar-refractivity contribution in [1.82, 2.24) is 0 Å². The van der Waals surface area contributed by atoms with Gasteiger partial charge in [0, 0.05) is 4.90 Å². The van der Waals surface area contributed by atoms with E-state index in [2.05, 4.69) is 12.6 Å². The summed E-state index contributed by atoms with van der Waals surface area (Å²) in [6.45, 7) is 0. The van der Waals surface area contributed by atoms with Crippen LogP contribution in [-0.2, 0) is 0 Å². The molecule has 0 heterocycles. The zero-order valence-electron chi connectivity index (χ0n) is 5.00. The summed E-state index contributed by atoms with van der Waals surface area (Å²) in [5.41, 5.74) is 0.0347. The molecule has 0 amide bonds. The number of nitriles is 1. The summed E-state index contributed by atoms with van der Waals surface area (Å²) < 4.78 is 12.7. The second-order valence-corrected chi connectivity index (χ2v) is 2.23. The molecule has 0 spiro atoms. The molecule has 0 saturated carbocycles. The van der Waals surface area contributed by atoms with Crippen molar-refractivity contribution in [2.75, 3.05) is 0 Å². The van der Waals surface area contributed by atoms with Gasteiger partial charge in [-0.15, -0.1) is 12.6 Å². The molecule has 0 atom stereocenters. The zero-order chi connectivity index (χ0) is 7.56. The van der Waals surface area contributed by atoms with Crippen molar-refractivity contribution in [2.24, 2.45) is 0 Å². The van der Waals surface area contributed by atoms with E-state index < -0.39 is 5.82 Å². The van der Waals surface area contributed by atoms with Crippen LogP contribution in [0.1, 0.15) is 5.56 Å². The highest BCUT2D eigenvalue weighted by Crippen LogP contribution is 2.14. The monoisotopic (exact) mass is 153 g/mol. The van der Waals surface area contributed by atoms with E-state index in [1.807, 2.05) is 0 Å². The molecule has 10 heavy (non-hydrogen) atoms. The van der Waals surface area contributed by atoms with Gasteiger partial charge in [-0.1, -0.05) is 6.07 Å². The molecule has 3 heteroatoms. The summed E-state index contributed by atoms with van der Waals surface area (Å²) in [7, 11) is 0. The fourth-order valence-corrected chi connectivity index (χ4v) is 0.813. The van der Waals surface area contributed by atoms with E-state index in [1.54, 1.807) is 12.1 Å². The molecule has 0 unspecified atom stereocenters. The number of benzene rings is 1. The first kappa shape index (κ1) is 7.10. The van der Waals surface area contributed by atoms with Crippen molar-refractivity contribution in [3.05, 3.63) is 29.6 Å². The third-order valence-electron chi connectivity index (χ3n) is 1.10. The van der Waals surface area contributed by atoms with Gasteiger partial charge in [0.25, 0.3) is 0 Å². The molecule has 0 radical (unpaired) electrons. The van der Waals surface area contributed by atoms with Gasteiger partial charge in [-0.3, -0.25) is 0 Å². The molecule has 1 rings (SSSR count). The molecule has 0 bridgehead atoms. The largest absolute Gasteiger partial charge is 0.204 e. The van der Waals surface area contributed by atoms with E-state index in [1.165, 1.54) is 12.1 Å². The van der Waals surface area contributed by atoms with Crippen LogP contribution in [0.2, 0.25) is 0 Å². The van der Waals surface area contributed by atoms with E-state index >= 15 is 0 Å². The van der Waals surface area contributed by atoms with Gasteiger partial charge in [-0.2, -0.15) is 5.26 Å². The van der Waals surface area contributed by atoms with Crippen LogP contribution in [0, 0.1) is 17.1 Å². The minimum Gasteiger partial charge on any atom is -0.204 e. The third kappa shape index (κ3) is 1.12. The first-order chi connectivity index (χ1) is 4.75. The summed E-state index contributed by atoms with van der Waals surface area (Å²) in [6.07, 6.45) is 0. The van der Waals surface area contributed by atoms with Crippen LogP contribution in [0.5, 0.6) is 0 Å².